The van der Waals surface area contributed by atoms with Crippen LogP contribution in [0.2, 0.25) is 0 Å². The summed E-state index contributed by atoms with van der Waals surface area (Å²) >= 11 is 0. The summed E-state index contributed by atoms with van der Waals surface area (Å²) in [7, 11) is 1.48. The van der Waals surface area contributed by atoms with Crippen LogP contribution in [-0.2, 0) is 4.79 Å². The highest BCUT2D eigenvalue weighted by atomic mass is 16.3. The topological polar surface area (TPSA) is 94.2 Å². The minimum Gasteiger partial charge on any atom is -0.459 e. The maximum atomic E-state index is 11.9. The fourth-order valence-electron chi connectivity index (χ4n) is 1.57. The Kier molecular flexibility index (Phi) is 6.04. The Balaban J connectivity index is 2.57. The number of carbonyl (C=O) groups is 2. The van der Waals surface area contributed by atoms with Crippen LogP contribution in [0.15, 0.2) is 22.8 Å². The molecule has 0 fully saturated rings. The Morgan fingerprint density at radius 3 is 2.37 bits per heavy atom. The van der Waals surface area contributed by atoms with Gasteiger partial charge in [0, 0.05) is 20.1 Å². The van der Waals surface area contributed by atoms with Gasteiger partial charge < -0.3 is 24.4 Å². The maximum Gasteiger partial charge on any atom is 0.289 e. The summed E-state index contributed by atoms with van der Waals surface area (Å²) < 4.78 is 4.96. The van der Waals surface area contributed by atoms with E-state index in [9.17, 15) is 9.59 Å². The molecule has 0 aliphatic rings. The monoisotopic (exact) mass is 270 g/mol. The molecule has 1 aromatic rings. The normalized spacial score (nSPS) is 10.3. The Morgan fingerprint density at radius 1 is 1.26 bits per heavy atom. The number of hydrogen-bond donors (Lipinski definition) is 2. The van der Waals surface area contributed by atoms with E-state index in [1.165, 1.54) is 29.2 Å². The standard InChI is InChI=1S/C12H18N2O5/c1-13(12(18)10-3-2-8-19-10)9-11(17)14(4-6-15)5-7-16/h2-3,8,15-16H,4-7,9H2,1H3. The van der Waals surface area contributed by atoms with Crippen molar-refractivity contribution in [2.24, 2.45) is 0 Å². The molecule has 106 valence electrons. The van der Waals surface area contributed by atoms with Gasteiger partial charge in [-0.25, -0.2) is 0 Å². The van der Waals surface area contributed by atoms with Gasteiger partial charge in [-0.2, -0.15) is 0 Å². The molecule has 1 heterocycles. The number of carbonyl (C=O) groups excluding carboxylic acids is 2. The van der Waals surface area contributed by atoms with Crippen molar-refractivity contribution in [3.8, 4) is 0 Å². The van der Waals surface area contributed by atoms with Crippen molar-refractivity contribution >= 4 is 11.8 Å². The van der Waals surface area contributed by atoms with Crippen molar-refractivity contribution in [2.75, 3.05) is 39.9 Å². The van der Waals surface area contributed by atoms with Gasteiger partial charge in [0.2, 0.25) is 5.91 Å². The molecule has 0 saturated heterocycles. The molecule has 0 atom stereocenters. The van der Waals surface area contributed by atoms with Crippen LogP contribution in [0.25, 0.3) is 0 Å². The maximum absolute atomic E-state index is 11.9. The van der Waals surface area contributed by atoms with Crippen LogP contribution < -0.4 is 0 Å². The second-order valence-electron chi connectivity index (χ2n) is 3.97. The van der Waals surface area contributed by atoms with E-state index in [1.54, 1.807) is 6.07 Å². The first-order chi connectivity index (χ1) is 9.10. The molecule has 0 saturated carbocycles. The minimum absolute atomic E-state index is 0.127. The molecule has 19 heavy (non-hydrogen) atoms. The third-order valence-electron chi connectivity index (χ3n) is 2.54. The number of nitrogens with zero attached hydrogens (tertiary/aromatic N) is 2. The smallest absolute Gasteiger partial charge is 0.289 e. The summed E-state index contributed by atoms with van der Waals surface area (Å²) in [5.74, 6) is -0.581. The van der Waals surface area contributed by atoms with E-state index in [1.807, 2.05) is 0 Å². The quantitative estimate of drug-likeness (QED) is 0.674. The SMILES string of the molecule is CN(CC(=O)N(CCO)CCO)C(=O)c1ccco1. The first kappa shape index (κ1) is 15.2. The highest BCUT2D eigenvalue weighted by Gasteiger charge is 2.20. The summed E-state index contributed by atoms with van der Waals surface area (Å²) in [5, 5.41) is 17.7. The largest absolute Gasteiger partial charge is 0.459 e. The van der Waals surface area contributed by atoms with Gasteiger partial charge in [0.05, 0.1) is 26.0 Å². The van der Waals surface area contributed by atoms with Crippen molar-refractivity contribution in [3.05, 3.63) is 24.2 Å². The van der Waals surface area contributed by atoms with Crippen molar-refractivity contribution in [1.29, 1.82) is 0 Å². The van der Waals surface area contributed by atoms with Crippen molar-refractivity contribution in [3.63, 3.8) is 0 Å². The number of rotatable bonds is 7. The molecule has 2 N–H and O–H groups in total. The molecule has 0 aliphatic heterocycles. The van der Waals surface area contributed by atoms with Crippen LogP contribution in [0.1, 0.15) is 10.6 Å². The van der Waals surface area contributed by atoms with E-state index in [0.717, 1.165) is 0 Å². The lowest BCUT2D eigenvalue weighted by Crippen LogP contribution is -2.43. The summed E-state index contributed by atoms with van der Waals surface area (Å²) in [4.78, 5) is 26.3. The van der Waals surface area contributed by atoms with Crippen molar-refractivity contribution < 1.29 is 24.2 Å². The molecular formula is C12H18N2O5. The predicted molar refractivity (Wildman–Crippen MR) is 66.4 cm³/mol. The molecular weight excluding hydrogens is 252 g/mol. The Morgan fingerprint density at radius 2 is 1.89 bits per heavy atom. The average molecular weight is 270 g/mol. The number of furan rings is 1. The fourth-order valence-corrected chi connectivity index (χ4v) is 1.57. The van der Waals surface area contributed by atoms with Crippen molar-refractivity contribution in [2.45, 2.75) is 0 Å². The second-order valence-corrected chi connectivity index (χ2v) is 3.97. The molecule has 0 aliphatic carbocycles. The lowest BCUT2D eigenvalue weighted by Gasteiger charge is -2.23. The first-order valence-corrected chi connectivity index (χ1v) is 5.88. The van der Waals surface area contributed by atoms with Crippen LogP contribution in [-0.4, -0.2) is 71.7 Å². The summed E-state index contributed by atoms with van der Waals surface area (Å²) in [6, 6.07) is 3.11. The molecule has 0 aromatic carbocycles. The Labute approximate surface area is 111 Å². The number of aliphatic hydroxyl groups excluding tert-OH is 2. The van der Waals surface area contributed by atoms with Crippen LogP contribution in [0.5, 0.6) is 0 Å². The number of hydrogen-bond acceptors (Lipinski definition) is 5. The van der Waals surface area contributed by atoms with Crippen LogP contribution in [0, 0.1) is 0 Å². The highest BCUT2D eigenvalue weighted by Crippen LogP contribution is 2.04. The lowest BCUT2D eigenvalue weighted by molar-refractivity contribution is -0.132. The molecule has 7 heteroatoms. The second kappa shape index (κ2) is 7.55. The van der Waals surface area contributed by atoms with Gasteiger partial charge in [-0.05, 0) is 12.1 Å². The molecule has 1 rings (SSSR count). The zero-order valence-corrected chi connectivity index (χ0v) is 10.8. The lowest BCUT2D eigenvalue weighted by atomic mass is 10.3. The molecule has 0 spiro atoms. The molecule has 0 bridgehead atoms. The molecule has 1 aromatic heterocycles. The molecule has 7 nitrogen and oxygen atoms in total. The average Bonchev–Trinajstić information content (AvgIpc) is 2.91. The number of aliphatic hydroxyl groups is 2. The van der Waals surface area contributed by atoms with Gasteiger partial charge in [-0.1, -0.05) is 0 Å². The third kappa shape index (κ3) is 4.38. The molecule has 2 amide bonds. The van der Waals surface area contributed by atoms with Crippen LogP contribution >= 0.6 is 0 Å². The van der Waals surface area contributed by atoms with E-state index >= 15 is 0 Å². The van der Waals surface area contributed by atoms with E-state index < -0.39 is 5.91 Å². The Bertz CT molecular complexity index is 398. The fraction of sp³-hybridized carbons (Fsp3) is 0.500. The zero-order chi connectivity index (χ0) is 14.3. The number of amides is 2. The van der Waals surface area contributed by atoms with E-state index in [0.29, 0.717) is 0 Å². The van der Waals surface area contributed by atoms with E-state index in [-0.39, 0.29) is 44.5 Å². The Hall–Kier alpha value is -1.86. The zero-order valence-electron chi connectivity index (χ0n) is 10.8. The van der Waals surface area contributed by atoms with Gasteiger partial charge in [-0.15, -0.1) is 0 Å². The van der Waals surface area contributed by atoms with Crippen LogP contribution in [0.4, 0.5) is 0 Å². The van der Waals surface area contributed by atoms with E-state index in [2.05, 4.69) is 0 Å². The van der Waals surface area contributed by atoms with E-state index in [4.69, 9.17) is 14.6 Å². The number of likely N-dealkylation sites (N-methyl/N-ethyl adjacent to an activating group) is 1. The van der Waals surface area contributed by atoms with Gasteiger partial charge in [0.15, 0.2) is 5.76 Å². The van der Waals surface area contributed by atoms with Gasteiger partial charge in [0.1, 0.15) is 0 Å². The van der Waals surface area contributed by atoms with Crippen LogP contribution in [0.3, 0.4) is 0 Å². The predicted octanol–water partition coefficient (Wildman–Crippen LogP) is -0.835. The minimum atomic E-state index is -0.397. The highest BCUT2D eigenvalue weighted by molar-refractivity contribution is 5.94. The molecule has 0 radical (unpaired) electrons. The van der Waals surface area contributed by atoms with Gasteiger partial charge in [0.25, 0.3) is 5.91 Å². The van der Waals surface area contributed by atoms with Gasteiger partial charge >= 0.3 is 0 Å². The molecule has 0 unspecified atom stereocenters. The summed E-state index contributed by atoms with van der Waals surface area (Å²) in [5.41, 5.74) is 0. The van der Waals surface area contributed by atoms with Gasteiger partial charge in [-0.3, -0.25) is 9.59 Å². The summed E-state index contributed by atoms with van der Waals surface area (Å²) in [6.45, 7) is -0.271. The third-order valence-corrected chi connectivity index (χ3v) is 2.54. The summed E-state index contributed by atoms with van der Waals surface area (Å²) in [6.07, 6.45) is 1.38. The van der Waals surface area contributed by atoms with Crippen molar-refractivity contribution in [1.82, 2.24) is 9.80 Å². The first-order valence-electron chi connectivity index (χ1n) is 5.88.